The minimum absolute atomic E-state index is 0.176. The van der Waals surface area contributed by atoms with Crippen LogP contribution >= 0.6 is 0 Å². The second kappa shape index (κ2) is 3.38. The van der Waals surface area contributed by atoms with Gasteiger partial charge in [0.25, 0.3) is 5.92 Å². The molecule has 1 fully saturated rings. The maximum Gasteiger partial charge on any atom is 0.320 e. The Balaban J connectivity index is 2.57. The first kappa shape index (κ1) is 11.8. The predicted octanol–water partition coefficient (Wildman–Crippen LogP) is 2.20. The summed E-state index contributed by atoms with van der Waals surface area (Å²) in [6, 6.07) is 2.87. The SMILES string of the molecule is COc1cc(F)ccc1C1(C(=O)O)CC1(F)F. The number of hydrogen-bond donors (Lipinski definition) is 1. The van der Waals surface area contributed by atoms with Crippen LogP contribution in [-0.4, -0.2) is 24.1 Å². The van der Waals surface area contributed by atoms with Crippen LogP contribution in [0, 0.1) is 5.82 Å². The van der Waals surface area contributed by atoms with Gasteiger partial charge in [0, 0.05) is 18.1 Å². The fraction of sp³-hybridized carbons (Fsp3) is 0.364. The summed E-state index contributed by atoms with van der Waals surface area (Å²) in [6.07, 6.45) is -0.794. The van der Waals surface area contributed by atoms with E-state index in [9.17, 15) is 18.0 Å². The van der Waals surface area contributed by atoms with Gasteiger partial charge in [0.2, 0.25) is 0 Å². The van der Waals surface area contributed by atoms with Gasteiger partial charge in [0.1, 0.15) is 11.6 Å². The molecule has 92 valence electrons. The van der Waals surface area contributed by atoms with Gasteiger partial charge in [-0.1, -0.05) is 6.07 Å². The second-order valence-corrected chi connectivity index (χ2v) is 3.94. The summed E-state index contributed by atoms with van der Waals surface area (Å²) in [5, 5.41) is 8.95. The van der Waals surface area contributed by atoms with Crippen molar-refractivity contribution in [3.05, 3.63) is 29.6 Å². The van der Waals surface area contributed by atoms with Gasteiger partial charge in [0.15, 0.2) is 5.41 Å². The van der Waals surface area contributed by atoms with E-state index in [0.29, 0.717) is 0 Å². The van der Waals surface area contributed by atoms with Gasteiger partial charge in [-0.05, 0) is 6.07 Å². The number of carboxylic acids is 1. The number of ether oxygens (including phenoxy) is 1. The summed E-state index contributed by atoms with van der Waals surface area (Å²) in [4.78, 5) is 11.0. The molecule has 0 aliphatic heterocycles. The molecule has 0 bridgehead atoms. The van der Waals surface area contributed by atoms with Crippen molar-refractivity contribution in [2.75, 3.05) is 7.11 Å². The Morgan fingerprint density at radius 1 is 1.47 bits per heavy atom. The Bertz CT molecular complexity index is 487. The molecule has 17 heavy (non-hydrogen) atoms. The fourth-order valence-electron chi connectivity index (χ4n) is 1.95. The number of halogens is 3. The molecule has 1 N–H and O–H groups in total. The van der Waals surface area contributed by atoms with Gasteiger partial charge in [-0.25, -0.2) is 13.2 Å². The monoisotopic (exact) mass is 246 g/mol. The zero-order valence-electron chi connectivity index (χ0n) is 8.84. The third kappa shape index (κ3) is 1.47. The molecule has 1 aromatic rings. The molecule has 6 heteroatoms. The van der Waals surface area contributed by atoms with Crippen molar-refractivity contribution < 1.29 is 27.8 Å². The van der Waals surface area contributed by atoms with Crippen LogP contribution in [0.5, 0.6) is 5.75 Å². The molecule has 0 saturated heterocycles. The van der Waals surface area contributed by atoms with Gasteiger partial charge >= 0.3 is 5.97 Å². The van der Waals surface area contributed by atoms with Gasteiger partial charge in [-0.2, -0.15) is 0 Å². The highest BCUT2D eigenvalue weighted by atomic mass is 19.3. The van der Waals surface area contributed by atoms with E-state index < -0.39 is 29.5 Å². The van der Waals surface area contributed by atoms with Crippen LogP contribution < -0.4 is 4.74 Å². The quantitative estimate of drug-likeness (QED) is 0.889. The number of carbonyl (C=O) groups is 1. The summed E-state index contributed by atoms with van der Waals surface area (Å²) in [5.41, 5.74) is -2.48. The molecule has 1 saturated carbocycles. The highest BCUT2D eigenvalue weighted by Gasteiger charge is 2.78. The Morgan fingerprint density at radius 2 is 2.06 bits per heavy atom. The predicted molar refractivity (Wildman–Crippen MR) is 51.8 cm³/mol. The number of methoxy groups -OCH3 is 1. The Labute approximate surface area is 94.8 Å². The first-order valence-corrected chi connectivity index (χ1v) is 4.80. The molecule has 1 aliphatic carbocycles. The molecule has 0 heterocycles. The molecule has 1 unspecified atom stereocenters. The van der Waals surface area contributed by atoms with Crippen LogP contribution in [-0.2, 0) is 10.2 Å². The highest BCUT2D eigenvalue weighted by Crippen LogP contribution is 2.63. The number of benzene rings is 1. The van der Waals surface area contributed by atoms with Crippen molar-refractivity contribution in [2.24, 2.45) is 0 Å². The molecule has 0 amide bonds. The van der Waals surface area contributed by atoms with E-state index >= 15 is 0 Å². The van der Waals surface area contributed by atoms with Crippen LogP contribution in [0.4, 0.5) is 13.2 Å². The molecular weight excluding hydrogens is 237 g/mol. The van der Waals surface area contributed by atoms with Gasteiger partial charge < -0.3 is 9.84 Å². The van der Waals surface area contributed by atoms with Crippen molar-refractivity contribution in [2.45, 2.75) is 17.8 Å². The van der Waals surface area contributed by atoms with Gasteiger partial charge in [-0.3, -0.25) is 4.79 Å². The third-order valence-electron chi connectivity index (χ3n) is 2.98. The summed E-state index contributed by atoms with van der Waals surface area (Å²) < 4.78 is 44.2. The van der Waals surface area contributed by atoms with E-state index in [1.165, 1.54) is 7.11 Å². The van der Waals surface area contributed by atoms with Crippen LogP contribution in [0.1, 0.15) is 12.0 Å². The summed E-state index contributed by atoms with van der Waals surface area (Å²) in [5.74, 6) is -5.81. The van der Waals surface area contributed by atoms with E-state index in [2.05, 4.69) is 0 Å². The molecule has 1 aromatic carbocycles. The summed E-state index contributed by atoms with van der Waals surface area (Å²) >= 11 is 0. The Kier molecular flexibility index (Phi) is 2.34. The minimum atomic E-state index is -3.33. The zero-order chi connectivity index (χ0) is 12.8. The van der Waals surface area contributed by atoms with Crippen molar-refractivity contribution >= 4 is 5.97 Å². The van der Waals surface area contributed by atoms with E-state index in [1.54, 1.807) is 0 Å². The van der Waals surface area contributed by atoms with E-state index in [1.807, 2.05) is 0 Å². The molecule has 1 aliphatic rings. The lowest BCUT2D eigenvalue weighted by Crippen LogP contribution is -2.27. The molecule has 2 rings (SSSR count). The lowest BCUT2D eigenvalue weighted by Gasteiger charge is -2.15. The van der Waals surface area contributed by atoms with Crippen LogP contribution in [0.3, 0.4) is 0 Å². The van der Waals surface area contributed by atoms with Crippen molar-refractivity contribution in [3.63, 3.8) is 0 Å². The lowest BCUT2D eigenvalue weighted by atomic mass is 9.94. The Morgan fingerprint density at radius 3 is 2.47 bits per heavy atom. The largest absolute Gasteiger partial charge is 0.496 e. The first-order valence-electron chi connectivity index (χ1n) is 4.80. The normalized spacial score (nSPS) is 25.4. The molecule has 3 nitrogen and oxygen atoms in total. The number of carboxylic acid groups (broad SMARTS) is 1. The van der Waals surface area contributed by atoms with Gasteiger partial charge in [-0.15, -0.1) is 0 Å². The number of rotatable bonds is 3. The smallest absolute Gasteiger partial charge is 0.320 e. The maximum atomic E-state index is 13.3. The van der Waals surface area contributed by atoms with E-state index in [-0.39, 0.29) is 11.3 Å². The number of alkyl halides is 2. The van der Waals surface area contributed by atoms with Crippen LogP contribution in [0.2, 0.25) is 0 Å². The highest BCUT2D eigenvalue weighted by molar-refractivity contribution is 5.88. The zero-order valence-corrected chi connectivity index (χ0v) is 8.84. The minimum Gasteiger partial charge on any atom is -0.496 e. The van der Waals surface area contributed by atoms with Crippen molar-refractivity contribution in [1.82, 2.24) is 0 Å². The topological polar surface area (TPSA) is 46.5 Å². The van der Waals surface area contributed by atoms with Crippen LogP contribution in [0.15, 0.2) is 18.2 Å². The summed E-state index contributed by atoms with van der Waals surface area (Å²) in [6.45, 7) is 0. The lowest BCUT2D eigenvalue weighted by molar-refractivity contribution is -0.143. The number of hydrogen-bond acceptors (Lipinski definition) is 2. The average molecular weight is 246 g/mol. The second-order valence-electron chi connectivity index (χ2n) is 3.94. The third-order valence-corrected chi connectivity index (χ3v) is 2.98. The fourth-order valence-corrected chi connectivity index (χ4v) is 1.95. The first-order chi connectivity index (χ1) is 7.85. The van der Waals surface area contributed by atoms with E-state index in [4.69, 9.17) is 9.84 Å². The molecule has 0 radical (unpaired) electrons. The average Bonchev–Trinajstić information content (AvgIpc) is 2.83. The van der Waals surface area contributed by atoms with Gasteiger partial charge in [0.05, 0.1) is 7.11 Å². The summed E-state index contributed by atoms with van der Waals surface area (Å²) in [7, 11) is 1.17. The molecule has 0 aromatic heterocycles. The number of aliphatic carboxylic acids is 1. The van der Waals surface area contributed by atoms with Crippen molar-refractivity contribution in [1.29, 1.82) is 0 Å². The van der Waals surface area contributed by atoms with Crippen molar-refractivity contribution in [3.8, 4) is 5.75 Å². The molecule has 1 atom stereocenters. The van der Waals surface area contributed by atoms with E-state index in [0.717, 1.165) is 18.2 Å². The molecule has 0 spiro atoms. The Hall–Kier alpha value is -1.72. The van der Waals surface area contributed by atoms with Crippen LogP contribution in [0.25, 0.3) is 0 Å². The maximum absolute atomic E-state index is 13.3. The molecular formula is C11H9F3O3. The standard InChI is InChI=1S/C11H9F3O3/c1-17-8-4-6(12)2-3-7(8)10(9(15)16)5-11(10,13)14/h2-4H,5H2,1H3,(H,15,16).